The van der Waals surface area contributed by atoms with Gasteiger partial charge in [0.05, 0.1) is 0 Å². The summed E-state index contributed by atoms with van der Waals surface area (Å²) in [5.41, 5.74) is 0.766. The van der Waals surface area contributed by atoms with Crippen LogP contribution in [0.1, 0.15) is 11.4 Å². The quantitative estimate of drug-likeness (QED) is 0.879. The van der Waals surface area contributed by atoms with Crippen molar-refractivity contribution in [3.05, 3.63) is 40.1 Å². The van der Waals surface area contributed by atoms with Crippen LogP contribution in [0.15, 0.2) is 28.7 Å². The highest BCUT2D eigenvalue weighted by atomic mass is 79.9. The molecule has 4 nitrogen and oxygen atoms in total. The van der Waals surface area contributed by atoms with Gasteiger partial charge in [-0.1, -0.05) is 15.9 Å². The van der Waals surface area contributed by atoms with E-state index >= 15 is 0 Å². The van der Waals surface area contributed by atoms with E-state index in [4.69, 9.17) is 4.74 Å². The molecular formula is C13H11BrF3N3O. The fourth-order valence-electron chi connectivity index (χ4n) is 1.57. The Morgan fingerprint density at radius 3 is 2.48 bits per heavy atom. The molecule has 0 saturated heterocycles. The fourth-order valence-corrected chi connectivity index (χ4v) is 2.05. The molecule has 0 aliphatic rings. The molecule has 21 heavy (non-hydrogen) atoms. The second-order valence-electron chi connectivity index (χ2n) is 4.17. The molecule has 0 spiro atoms. The summed E-state index contributed by atoms with van der Waals surface area (Å²) in [5.74, 6) is -0.972. The van der Waals surface area contributed by atoms with Gasteiger partial charge < -0.3 is 10.1 Å². The van der Waals surface area contributed by atoms with Gasteiger partial charge in [-0.2, -0.15) is 18.2 Å². The second kappa shape index (κ2) is 5.88. The molecule has 0 saturated carbocycles. The number of aryl methyl sites for hydroxylation is 1. The minimum absolute atomic E-state index is 0.0297. The molecule has 1 heterocycles. The number of nitrogens with zero attached hydrogens (tertiary/aromatic N) is 2. The Labute approximate surface area is 127 Å². The molecule has 8 heteroatoms. The molecule has 1 aromatic carbocycles. The number of alkyl halides is 3. The van der Waals surface area contributed by atoms with Crippen molar-refractivity contribution in [3.63, 3.8) is 0 Å². The molecule has 0 fully saturated rings. The fraction of sp³-hybridized carbons (Fsp3) is 0.231. The van der Waals surface area contributed by atoms with Gasteiger partial charge in [-0.05, 0) is 30.7 Å². The molecule has 0 atom stereocenters. The molecule has 1 aromatic heterocycles. The van der Waals surface area contributed by atoms with Gasteiger partial charge in [0, 0.05) is 17.6 Å². The minimum atomic E-state index is -4.64. The Balaban J connectivity index is 2.39. The van der Waals surface area contributed by atoms with Crippen molar-refractivity contribution in [2.24, 2.45) is 0 Å². The summed E-state index contributed by atoms with van der Waals surface area (Å²) in [7, 11) is 1.47. The summed E-state index contributed by atoms with van der Waals surface area (Å²) >= 11 is 3.30. The minimum Gasteiger partial charge on any atom is -0.439 e. The monoisotopic (exact) mass is 361 g/mol. The summed E-state index contributed by atoms with van der Waals surface area (Å²) < 4.78 is 44.5. The van der Waals surface area contributed by atoms with Crippen molar-refractivity contribution >= 4 is 21.7 Å². The van der Waals surface area contributed by atoms with Gasteiger partial charge in [-0.3, -0.25) is 0 Å². The lowest BCUT2D eigenvalue weighted by Crippen LogP contribution is -2.13. The molecule has 0 unspecified atom stereocenters. The number of nitrogens with one attached hydrogen (secondary N) is 1. The third kappa shape index (κ3) is 3.84. The first-order valence-electron chi connectivity index (χ1n) is 5.87. The van der Waals surface area contributed by atoms with Crippen LogP contribution in [-0.2, 0) is 6.18 Å². The van der Waals surface area contributed by atoms with Gasteiger partial charge in [-0.25, -0.2) is 4.98 Å². The average molecular weight is 362 g/mol. The molecular weight excluding hydrogens is 351 g/mol. The largest absolute Gasteiger partial charge is 0.451 e. The van der Waals surface area contributed by atoms with E-state index in [0.29, 0.717) is 5.75 Å². The Hall–Kier alpha value is -1.83. The topological polar surface area (TPSA) is 47.0 Å². The van der Waals surface area contributed by atoms with Crippen LogP contribution in [0, 0.1) is 6.92 Å². The zero-order chi connectivity index (χ0) is 15.6. The highest BCUT2D eigenvalue weighted by molar-refractivity contribution is 9.10. The number of ether oxygens (including phenoxy) is 1. The molecule has 0 aliphatic carbocycles. The highest BCUT2D eigenvalue weighted by Gasteiger charge is 2.35. The maximum Gasteiger partial charge on any atom is 0.451 e. The van der Waals surface area contributed by atoms with Crippen molar-refractivity contribution in [1.29, 1.82) is 0 Å². The number of anilines is 1. The molecule has 0 radical (unpaired) electrons. The van der Waals surface area contributed by atoms with E-state index in [-0.39, 0.29) is 11.7 Å². The Kier molecular flexibility index (Phi) is 4.36. The Morgan fingerprint density at radius 2 is 1.90 bits per heavy atom. The van der Waals surface area contributed by atoms with Gasteiger partial charge in [-0.15, -0.1) is 0 Å². The Morgan fingerprint density at radius 1 is 1.19 bits per heavy atom. The first-order valence-corrected chi connectivity index (χ1v) is 6.67. The summed E-state index contributed by atoms with van der Waals surface area (Å²) in [6, 6.07) is 6.47. The third-order valence-corrected chi connectivity index (χ3v) is 3.06. The molecule has 2 rings (SSSR count). The van der Waals surface area contributed by atoms with Crippen LogP contribution in [0.5, 0.6) is 11.6 Å². The van der Waals surface area contributed by atoms with Crippen LogP contribution in [0.25, 0.3) is 0 Å². The zero-order valence-electron chi connectivity index (χ0n) is 11.1. The van der Waals surface area contributed by atoms with Crippen molar-refractivity contribution in [1.82, 2.24) is 9.97 Å². The van der Waals surface area contributed by atoms with E-state index in [1.807, 2.05) is 0 Å². The van der Waals surface area contributed by atoms with Crippen molar-refractivity contribution in [2.75, 3.05) is 12.4 Å². The summed E-state index contributed by atoms with van der Waals surface area (Å²) in [4.78, 5) is 6.77. The van der Waals surface area contributed by atoms with E-state index in [1.54, 1.807) is 25.1 Å². The van der Waals surface area contributed by atoms with E-state index in [0.717, 1.165) is 10.0 Å². The van der Waals surface area contributed by atoms with Gasteiger partial charge in [0.2, 0.25) is 11.7 Å². The van der Waals surface area contributed by atoms with Crippen LogP contribution >= 0.6 is 15.9 Å². The lowest BCUT2D eigenvalue weighted by atomic mass is 10.2. The number of benzene rings is 1. The Bertz CT molecular complexity index is 662. The van der Waals surface area contributed by atoms with Crippen molar-refractivity contribution in [2.45, 2.75) is 13.1 Å². The van der Waals surface area contributed by atoms with Crippen molar-refractivity contribution < 1.29 is 17.9 Å². The molecule has 0 bridgehead atoms. The lowest BCUT2D eigenvalue weighted by molar-refractivity contribution is -0.145. The number of halogens is 4. The van der Waals surface area contributed by atoms with Crippen molar-refractivity contribution in [3.8, 4) is 11.6 Å². The zero-order valence-corrected chi connectivity index (χ0v) is 12.7. The van der Waals surface area contributed by atoms with Gasteiger partial charge in [0.25, 0.3) is 0 Å². The molecule has 2 aromatic rings. The number of rotatable bonds is 3. The van der Waals surface area contributed by atoms with Gasteiger partial charge in [0.15, 0.2) is 0 Å². The third-order valence-electron chi connectivity index (χ3n) is 2.56. The summed E-state index contributed by atoms with van der Waals surface area (Å²) in [6.07, 6.45) is -4.64. The molecule has 1 N–H and O–H groups in total. The van der Waals surface area contributed by atoms with Gasteiger partial charge in [0.1, 0.15) is 11.6 Å². The first kappa shape index (κ1) is 15.6. The van der Waals surface area contributed by atoms with Crippen LogP contribution in [0.3, 0.4) is 0 Å². The first-order chi connectivity index (χ1) is 9.79. The van der Waals surface area contributed by atoms with Crippen LogP contribution < -0.4 is 10.1 Å². The van der Waals surface area contributed by atoms with E-state index < -0.39 is 12.0 Å². The maximum atomic E-state index is 12.7. The molecule has 112 valence electrons. The van der Waals surface area contributed by atoms with E-state index in [2.05, 4.69) is 31.2 Å². The maximum absolute atomic E-state index is 12.7. The average Bonchev–Trinajstić information content (AvgIpc) is 2.40. The SMILES string of the molecule is CNc1cc(Oc2ccc(Br)cc2C)nc(C(F)(F)F)n1. The number of hydrogen-bond acceptors (Lipinski definition) is 4. The molecule has 0 amide bonds. The standard InChI is InChI=1S/C13H11BrF3N3O/c1-7-5-8(14)3-4-9(7)21-11-6-10(18-2)19-12(20-11)13(15,16)17/h3-6H,1-2H3,(H,18,19,20). The normalized spacial score (nSPS) is 11.3. The smallest absolute Gasteiger partial charge is 0.439 e. The number of aromatic nitrogens is 2. The number of hydrogen-bond donors (Lipinski definition) is 1. The predicted molar refractivity (Wildman–Crippen MR) is 75.5 cm³/mol. The summed E-state index contributed by atoms with van der Waals surface area (Å²) in [5, 5.41) is 2.55. The molecule has 0 aliphatic heterocycles. The van der Waals surface area contributed by atoms with Gasteiger partial charge >= 0.3 is 6.18 Å². The van der Waals surface area contributed by atoms with Crippen LogP contribution in [0.2, 0.25) is 0 Å². The van der Waals surface area contributed by atoms with Crippen LogP contribution in [0.4, 0.5) is 19.0 Å². The lowest BCUT2D eigenvalue weighted by Gasteiger charge is -2.12. The van der Waals surface area contributed by atoms with Crippen LogP contribution in [-0.4, -0.2) is 17.0 Å². The second-order valence-corrected chi connectivity index (χ2v) is 5.09. The predicted octanol–water partition coefficient (Wildman–Crippen LogP) is 4.40. The van der Waals surface area contributed by atoms with E-state index in [1.165, 1.54) is 13.1 Å². The highest BCUT2D eigenvalue weighted by Crippen LogP contribution is 2.31. The summed E-state index contributed by atoms with van der Waals surface area (Å²) in [6.45, 7) is 1.78. The van der Waals surface area contributed by atoms with E-state index in [9.17, 15) is 13.2 Å².